The topological polar surface area (TPSA) is 58.6 Å². The first-order valence-electron chi connectivity index (χ1n) is 8.07. The summed E-state index contributed by atoms with van der Waals surface area (Å²) in [5.41, 5.74) is 1.76. The molecule has 1 saturated heterocycles. The Hall–Kier alpha value is -2.18. The molecule has 1 atom stereocenters. The van der Waals surface area contributed by atoms with Crippen LogP contribution in [0.5, 0.6) is 5.75 Å². The van der Waals surface area contributed by atoms with Crippen molar-refractivity contribution in [3.8, 4) is 5.75 Å². The molecule has 130 valence electrons. The molecule has 2 aromatic carbocycles. The van der Waals surface area contributed by atoms with Gasteiger partial charge in [-0.3, -0.25) is 9.59 Å². The van der Waals surface area contributed by atoms with Gasteiger partial charge in [0, 0.05) is 4.47 Å². The van der Waals surface area contributed by atoms with E-state index < -0.39 is 6.04 Å². The van der Waals surface area contributed by atoms with Crippen molar-refractivity contribution in [1.29, 1.82) is 0 Å². The number of benzene rings is 2. The molecule has 1 heterocycles. The van der Waals surface area contributed by atoms with E-state index in [4.69, 9.17) is 4.74 Å². The van der Waals surface area contributed by atoms with E-state index in [1.54, 1.807) is 19.2 Å². The number of hydrogen-bond acceptors (Lipinski definition) is 4. The lowest BCUT2D eigenvalue weighted by Gasteiger charge is -2.15. The fourth-order valence-electron chi connectivity index (χ4n) is 2.84. The summed E-state index contributed by atoms with van der Waals surface area (Å²) in [6.07, 6.45) is 0.970. The van der Waals surface area contributed by atoms with Gasteiger partial charge >= 0.3 is 0 Å². The maximum atomic E-state index is 12.5. The normalized spacial score (nSPS) is 17.2. The largest absolute Gasteiger partial charge is 0.497 e. The highest BCUT2D eigenvalue weighted by Crippen LogP contribution is 2.24. The zero-order valence-electron chi connectivity index (χ0n) is 13.9. The number of rotatable bonds is 6. The van der Waals surface area contributed by atoms with Gasteiger partial charge in [-0.15, -0.1) is 0 Å². The second kappa shape index (κ2) is 7.80. The zero-order chi connectivity index (χ0) is 17.8. The summed E-state index contributed by atoms with van der Waals surface area (Å²) in [5.74, 6) is 0.453. The lowest BCUT2D eigenvalue weighted by molar-refractivity contribution is -0.121. The Morgan fingerprint density at radius 1 is 1.12 bits per heavy atom. The molecule has 1 aliphatic rings. The van der Waals surface area contributed by atoms with Gasteiger partial charge in [0.15, 0.2) is 0 Å². The second-order valence-electron chi connectivity index (χ2n) is 5.85. The predicted octanol–water partition coefficient (Wildman–Crippen LogP) is 2.92. The summed E-state index contributed by atoms with van der Waals surface area (Å²) in [6, 6.07) is 14.5. The highest BCUT2D eigenvalue weighted by Gasteiger charge is 2.39. The smallest absolute Gasteiger partial charge is 0.251 e. The van der Waals surface area contributed by atoms with Gasteiger partial charge in [0.25, 0.3) is 5.91 Å². The number of imide groups is 1. The van der Waals surface area contributed by atoms with Gasteiger partial charge in [-0.25, -0.2) is 4.90 Å². The number of halogens is 1. The average molecular weight is 403 g/mol. The van der Waals surface area contributed by atoms with Crippen LogP contribution < -0.4 is 15.0 Å². The summed E-state index contributed by atoms with van der Waals surface area (Å²) >= 11 is 3.35. The minimum atomic E-state index is -0.464. The first kappa shape index (κ1) is 17.6. The molecule has 0 aliphatic carbocycles. The molecule has 1 N–H and O–H groups in total. The fraction of sp³-hybridized carbons (Fsp3) is 0.263. The number of carbonyl (C=O) groups excluding carboxylic acids is 2. The monoisotopic (exact) mass is 402 g/mol. The van der Waals surface area contributed by atoms with Crippen molar-refractivity contribution < 1.29 is 14.3 Å². The van der Waals surface area contributed by atoms with Crippen molar-refractivity contribution in [2.24, 2.45) is 0 Å². The SMILES string of the molecule is COc1ccc(CCN[C@H]2CC(=O)N(c3ccc(Br)cc3)C2=O)cc1. The minimum absolute atomic E-state index is 0.172. The van der Waals surface area contributed by atoms with Crippen LogP contribution in [0.4, 0.5) is 5.69 Å². The lowest BCUT2D eigenvalue weighted by Crippen LogP contribution is -2.39. The van der Waals surface area contributed by atoms with Crippen LogP contribution >= 0.6 is 15.9 Å². The molecule has 0 radical (unpaired) electrons. The Labute approximate surface area is 155 Å². The lowest BCUT2D eigenvalue weighted by atomic mass is 10.1. The molecule has 1 aliphatic heterocycles. The van der Waals surface area contributed by atoms with E-state index in [-0.39, 0.29) is 18.2 Å². The number of ether oxygens (including phenoxy) is 1. The first-order chi connectivity index (χ1) is 12.1. The van der Waals surface area contributed by atoms with Crippen molar-refractivity contribution in [1.82, 2.24) is 5.32 Å². The van der Waals surface area contributed by atoms with E-state index in [0.717, 1.165) is 22.2 Å². The van der Waals surface area contributed by atoms with Crippen LogP contribution in [0.1, 0.15) is 12.0 Å². The molecule has 2 amide bonds. The van der Waals surface area contributed by atoms with E-state index in [1.807, 2.05) is 36.4 Å². The van der Waals surface area contributed by atoms with Crippen LogP contribution in [0.3, 0.4) is 0 Å². The van der Waals surface area contributed by atoms with Crippen LogP contribution in [-0.4, -0.2) is 31.5 Å². The van der Waals surface area contributed by atoms with Crippen LogP contribution in [0.2, 0.25) is 0 Å². The van der Waals surface area contributed by atoms with Gasteiger partial charge in [-0.2, -0.15) is 0 Å². The first-order valence-corrected chi connectivity index (χ1v) is 8.86. The quantitative estimate of drug-likeness (QED) is 0.754. The van der Waals surface area contributed by atoms with E-state index >= 15 is 0 Å². The Morgan fingerprint density at radius 2 is 1.80 bits per heavy atom. The number of anilines is 1. The molecule has 0 unspecified atom stereocenters. The molecular weight excluding hydrogens is 384 g/mol. The standard InChI is InChI=1S/C19H19BrN2O3/c1-25-16-8-2-13(3-9-16)10-11-21-17-12-18(23)22(19(17)24)15-6-4-14(20)5-7-15/h2-9,17,21H,10-12H2,1H3/t17-/m0/s1. The molecule has 25 heavy (non-hydrogen) atoms. The summed E-state index contributed by atoms with van der Waals surface area (Å²) in [7, 11) is 1.64. The number of methoxy groups -OCH3 is 1. The number of carbonyl (C=O) groups is 2. The molecule has 0 saturated carbocycles. The van der Waals surface area contributed by atoms with Gasteiger partial charge in [0.2, 0.25) is 5.91 Å². The highest BCUT2D eigenvalue weighted by molar-refractivity contribution is 9.10. The number of hydrogen-bond donors (Lipinski definition) is 1. The average Bonchev–Trinajstić information content (AvgIpc) is 2.90. The van der Waals surface area contributed by atoms with Crippen molar-refractivity contribution in [3.05, 3.63) is 58.6 Å². The Balaban J connectivity index is 1.57. The summed E-state index contributed by atoms with van der Waals surface area (Å²) in [4.78, 5) is 26.0. The molecule has 0 spiro atoms. The van der Waals surface area contributed by atoms with Crippen LogP contribution in [0, 0.1) is 0 Å². The second-order valence-corrected chi connectivity index (χ2v) is 6.77. The van der Waals surface area contributed by atoms with Gasteiger partial charge in [-0.1, -0.05) is 28.1 Å². The summed E-state index contributed by atoms with van der Waals surface area (Å²) in [5, 5.41) is 3.20. The van der Waals surface area contributed by atoms with Gasteiger partial charge < -0.3 is 10.1 Å². The molecule has 1 fully saturated rings. The molecule has 2 aromatic rings. The maximum absolute atomic E-state index is 12.5. The number of amides is 2. The summed E-state index contributed by atoms with van der Waals surface area (Å²) < 4.78 is 6.04. The van der Waals surface area contributed by atoms with Crippen molar-refractivity contribution in [2.75, 3.05) is 18.6 Å². The van der Waals surface area contributed by atoms with E-state index in [2.05, 4.69) is 21.2 Å². The summed E-state index contributed by atoms with van der Waals surface area (Å²) in [6.45, 7) is 0.629. The van der Waals surface area contributed by atoms with Crippen LogP contribution in [0.15, 0.2) is 53.0 Å². The maximum Gasteiger partial charge on any atom is 0.251 e. The third-order valence-corrected chi connectivity index (χ3v) is 4.72. The number of nitrogens with one attached hydrogen (secondary N) is 1. The van der Waals surface area contributed by atoms with E-state index in [1.165, 1.54) is 4.90 Å². The van der Waals surface area contributed by atoms with E-state index in [9.17, 15) is 9.59 Å². The van der Waals surface area contributed by atoms with Crippen molar-refractivity contribution in [3.63, 3.8) is 0 Å². The van der Waals surface area contributed by atoms with Crippen LogP contribution in [-0.2, 0) is 16.0 Å². The van der Waals surface area contributed by atoms with Crippen LogP contribution in [0.25, 0.3) is 0 Å². The van der Waals surface area contributed by atoms with Gasteiger partial charge in [-0.05, 0) is 54.9 Å². The van der Waals surface area contributed by atoms with Gasteiger partial charge in [0.1, 0.15) is 5.75 Å². The van der Waals surface area contributed by atoms with Crippen molar-refractivity contribution >= 4 is 33.4 Å². The van der Waals surface area contributed by atoms with Crippen molar-refractivity contribution in [2.45, 2.75) is 18.9 Å². The fourth-order valence-corrected chi connectivity index (χ4v) is 3.10. The molecule has 6 heteroatoms. The Kier molecular flexibility index (Phi) is 5.50. The minimum Gasteiger partial charge on any atom is -0.497 e. The molecule has 3 rings (SSSR count). The Morgan fingerprint density at radius 3 is 2.44 bits per heavy atom. The zero-order valence-corrected chi connectivity index (χ0v) is 15.5. The molecule has 5 nitrogen and oxygen atoms in total. The Bertz CT molecular complexity index is 759. The third kappa shape index (κ3) is 4.08. The molecule has 0 aromatic heterocycles. The van der Waals surface area contributed by atoms with Gasteiger partial charge in [0.05, 0.1) is 25.3 Å². The predicted molar refractivity (Wildman–Crippen MR) is 99.7 cm³/mol. The van der Waals surface area contributed by atoms with E-state index in [0.29, 0.717) is 12.2 Å². The third-order valence-electron chi connectivity index (χ3n) is 4.19. The number of nitrogens with zero attached hydrogens (tertiary/aromatic N) is 1. The molecular formula is C19H19BrN2O3. The highest BCUT2D eigenvalue weighted by atomic mass is 79.9. The molecule has 0 bridgehead atoms.